The Kier molecular flexibility index (Phi) is 3.06. The minimum Gasteiger partial charge on any atom is -0.285 e. The van der Waals surface area contributed by atoms with Gasteiger partial charge in [0.05, 0.1) is 0 Å². The molecule has 1 heterocycles. The van der Waals surface area contributed by atoms with Crippen molar-refractivity contribution in [2.45, 2.75) is 36.1 Å². The van der Waals surface area contributed by atoms with Crippen LogP contribution in [0.1, 0.15) is 26.3 Å². The van der Waals surface area contributed by atoms with Gasteiger partial charge in [0, 0.05) is 11.1 Å². The first-order valence-electron chi connectivity index (χ1n) is 5.34. The van der Waals surface area contributed by atoms with Gasteiger partial charge in [-0.05, 0) is 29.2 Å². The lowest BCUT2D eigenvalue weighted by Gasteiger charge is -2.18. The minimum atomic E-state index is 0.218. The first-order valence-corrected chi connectivity index (χ1v) is 6.15. The second-order valence-corrected chi connectivity index (χ2v) is 5.88. The molecule has 0 bridgehead atoms. The highest BCUT2D eigenvalue weighted by Gasteiger charge is 2.12. The summed E-state index contributed by atoms with van der Waals surface area (Å²) in [6, 6.07) is 10.7. The molecule has 1 aromatic heterocycles. The van der Waals surface area contributed by atoms with Crippen molar-refractivity contribution in [3.8, 4) is 0 Å². The number of nitrogens with one attached hydrogen (secondary N) is 1. The van der Waals surface area contributed by atoms with Crippen molar-refractivity contribution < 1.29 is 0 Å². The van der Waals surface area contributed by atoms with Gasteiger partial charge in [0.1, 0.15) is 5.03 Å². The van der Waals surface area contributed by atoms with Crippen LogP contribution in [-0.2, 0) is 5.41 Å². The molecular formula is C13H16N2S. The van der Waals surface area contributed by atoms with Crippen LogP contribution in [0.4, 0.5) is 0 Å². The smallest absolute Gasteiger partial charge is 0.123 e. The molecule has 0 aliphatic heterocycles. The van der Waals surface area contributed by atoms with Crippen LogP contribution in [0, 0.1) is 0 Å². The van der Waals surface area contributed by atoms with Crippen molar-refractivity contribution in [2.75, 3.05) is 0 Å². The lowest BCUT2D eigenvalue weighted by Crippen LogP contribution is -2.10. The minimum absolute atomic E-state index is 0.218. The van der Waals surface area contributed by atoms with Crippen LogP contribution in [0.2, 0.25) is 0 Å². The second-order valence-electron chi connectivity index (χ2n) is 4.79. The Bertz CT molecular complexity index is 438. The van der Waals surface area contributed by atoms with Gasteiger partial charge in [-0.25, -0.2) is 0 Å². The summed E-state index contributed by atoms with van der Waals surface area (Å²) in [5.41, 5.74) is 1.58. The summed E-state index contributed by atoms with van der Waals surface area (Å²) in [6.07, 6.45) is 1.84. The molecule has 16 heavy (non-hydrogen) atoms. The molecule has 0 aliphatic rings. The zero-order chi connectivity index (χ0) is 11.6. The number of aromatic amines is 1. The molecule has 0 atom stereocenters. The highest BCUT2D eigenvalue weighted by molar-refractivity contribution is 7.99. The topological polar surface area (TPSA) is 28.7 Å². The standard InChI is InChI=1S/C13H16N2S/c1-13(2,3)10-4-6-11(7-5-10)16-12-8-9-14-15-12/h4-9H,1-3H3,(H,14,15). The average molecular weight is 232 g/mol. The van der Waals surface area contributed by atoms with Crippen molar-refractivity contribution in [1.82, 2.24) is 10.2 Å². The Labute approximate surface area is 100 Å². The zero-order valence-electron chi connectivity index (χ0n) is 9.82. The van der Waals surface area contributed by atoms with Gasteiger partial charge >= 0.3 is 0 Å². The quantitative estimate of drug-likeness (QED) is 0.851. The molecule has 0 fully saturated rings. The molecule has 84 valence electrons. The van der Waals surface area contributed by atoms with Crippen LogP contribution in [0.5, 0.6) is 0 Å². The molecule has 0 spiro atoms. The number of aromatic nitrogens is 2. The van der Waals surface area contributed by atoms with Crippen LogP contribution < -0.4 is 0 Å². The van der Waals surface area contributed by atoms with E-state index in [4.69, 9.17) is 0 Å². The molecule has 2 rings (SSSR count). The van der Waals surface area contributed by atoms with Crippen LogP contribution in [0.15, 0.2) is 46.5 Å². The SMILES string of the molecule is CC(C)(C)c1ccc(Sc2cc[nH]n2)cc1. The molecule has 0 saturated carbocycles. The molecule has 0 amide bonds. The molecule has 0 radical (unpaired) electrons. The maximum absolute atomic E-state index is 4.12. The number of hydrogen-bond acceptors (Lipinski definition) is 2. The van der Waals surface area contributed by atoms with Crippen molar-refractivity contribution in [2.24, 2.45) is 0 Å². The summed E-state index contributed by atoms with van der Waals surface area (Å²) in [7, 11) is 0. The summed E-state index contributed by atoms with van der Waals surface area (Å²) >= 11 is 1.67. The molecule has 3 heteroatoms. The number of rotatable bonds is 2. The van der Waals surface area contributed by atoms with E-state index in [9.17, 15) is 0 Å². The van der Waals surface area contributed by atoms with Gasteiger partial charge in [0.25, 0.3) is 0 Å². The largest absolute Gasteiger partial charge is 0.285 e. The fourth-order valence-electron chi connectivity index (χ4n) is 1.45. The molecule has 2 nitrogen and oxygen atoms in total. The van der Waals surface area contributed by atoms with E-state index in [1.807, 2.05) is 12.3 Å². The Morgan fingerprint density at radius 3 is 2.25 bits per heavy atom. The average Bonchev–Trinajstić information content (AvgIpc) is 2.70. The third-order valence-corrected chi connectivity index (χ3v) is 3.36. The van der Waals surface area contributed by atoms with Gasteiger partial charge in [0.2, 0.25) is 0 Å². The lowest BCUT2D eigenvalue weighted by molar-refractivity contribution is 0.590. The summed E-state index contributed by atoms with van der Waals surface area (Å²) in [5, 5.41) is 7.94. The summed E-state index contributed by atoms with van der Waals surface area (Å²) < 4.78 is 0. The molecule has 0 saturated heterocycles. The summed E-state index contributed by atoms with van der Waals surface area (Å²) in [4.78, 5) is 1.22. The molecule has 1 N–H and O–H groups in total. The predicted molar refractivity (Wildman–Crippen MR) is 67.9 cm³/mol. The Balaban J connectivity index is 2.14. The molecule has 1 aromatic carbocycles. The maximum atomic E-state index is 4.12. The van der Waals surface area contributed by atoms with E-state index < -0.39 is 0 Å². The number of hydrogen-bond donors (Lipinski definition) is 1. The fourth-order valence-corrected chi connectivity index (χ4v) is 2.20. The van der Waals surface area contributed by atoms with E-state index in [-0.39, 0.29) is 5.41 Å². The number of nitrogens with zero attached hydrogens (tertiary/aromatic N) is 1. The Hall–Kier alpha value is -1.22. The van der Waals surface area contributed by atoms with Crippen molar-refractivity contribution in [3.05, 3.63) is 42.1 Å². The Morgan fingerprint density at radius 2 is 1.75 bits per heavy atom. The van der Waals surface area contributed by atoms with Gasteiger partial charge in [0.15, 0.2) is 0 Å². The normalized spacial score (nSPS) is 11.7. The number of benzene rings is 1. The van der Waals surface area contributed by atoms with E-state index in [1.54, 1.807) is 11.8 Å². The van der Waals surface area contributed by atoms with E-state index >= 15 is 0 Å². The van der Waals surface area contributed by atoms with Gasteiger partial charge < -0.3 is 0 Å². The summed E-state index contributed by atoms with van der Waals surface area (Å²) in [5.74, 6) is 0. The lowest BCUT2D eigenvalue weighted by atomic mass is 9.87. The van der Waals surface area contributed by atoms with Crippen LogP contribution in [0.25, 0.3) is 0 Å². The maximum Gasteiger partial charge on any atom is 0.123 e. The first-order chi connectivity index (χ1) is 7.55. The van der Waals surface area contributed by atoms with E-state index in [0.29, 0.717) is 0 Å². The van der Waals surface area contributed by atoms with Gasteiger partial charge in [-0.1, -0.05) is 44.7 Å². The van der Waals surface area contributed by atoms with Gasteiger partial charge in [-0.15, -0.1) is 0 Å². The third-order valence-electron chi connectivity index (χ3n) is 2.42. The zero-order valence-corrected chi connectivity index (χ0v) is 10.6. The molecular weight excluding hydrogens is 216 g/mol. The second kappa shape index (κ2) is 4.34. The fraction of sp³-hybridized carbons (Fsp3) is 0.308. The highest BCUT2D eigenvalue weighted by Crippen LogP contribution is 2.28. The van der Waals surface area contributed by atoms with Crippen molar-refractivity contribution >= 4 is 11.8 Å². The molecule has 0 unspecified atom stereocenters. The molecule has 2 aromatic rings. The highest BCUT2D eigenvalue weighted by atomic mass is 32.2. The van der Waals surface area contributed by atoms with Crippen LogP contribution in [-0.4, -0.2) is 10.2 Å². The van der Waals surface area contributed by atoms with Crippen molar-refractivity contribution in [1.29, 1.82) is 0 Å². The Morgan fingerprint density at radius 1 is 1.06 bits per heavy atom. The predicted octanol–water partition coefficient (Wildman–Crippen LogP) is 3.86. The monoisotopic (exact) mass is 232 g/mol. The third kappa shape index (κ3) is 2.67. The van der Waals surface area contributed by atoms with Gasteiger partial charge in [-0.2, -0.15) is 5.10 Å². The first kappa shape index (κ1) is 11.3. The van der Waals surface area contributed by atoms with E-state index in [2.05, 4.69) is 55.2 Å². The summed E-state index contributed by atoms with van der Waals surface area (Å²) in [6.45, 7) is 6.68. The van der Waals surface area contributed by atoms with Crippen LogP contribution in [0.3, 0.4) is 0 Å². The van der Waals surface area contributed by atoms with Crippen LogP contribution >= 0.6 is 11.8 Å². The molecule has 0 aliphatic carbocycles. The van der Waals surface area contributed by atoms with Gasteiger partial charge in [-0.3, -0.25) is 5.10 Å². The van der Waals surface area contributed by atoms with E-state index in [0.717, 1.165) is 5.03 Å². The van der Waals surface area contributed by atoms with Crippen molar-refractivity contribution in [3.63, 3.8) is 0 Å². The van der Waals surface area contributed by atoms with E-state index in [1.165, 1.54) is 10.5 Å². The number of H-pyrrole nitrogens is 1.